The summed E-state index contributed by atoms with van der Waals surface area (Å²) in [4.78, 5) is 60.8. The van der Waals surface area contributed by atoms with Gasteiger partial charge in [-0.2, -0.15) is 0 Å². The minimum Gasteiger partial charge on any atom is -0.508 e. The maximum Gasteiger partial charge on any atom is 0.246 e. The number of benzene rings is 4. The maximum absolute atomic E-state index is 15.2. The number of hydrogen-bond donors (Lipinski definition) is 1. The van der Waals surface area contributed by atoms with Crippen molar-refractivity contribution in [3.05, 3.63) is 143 Å². The number of nitrogens with zero attached hydrogens (tertiary/aromatic N) is 2. The molecule has 0 aromatic heterocycles. The lowest BCUT2D eigenvalue weighted by atomic mass is 9.49. The minimum absolute atomic E-state index is 0.0144. The lowest BCUT2D eigenvalue weighted by Crippen LogP contribution is -2.53. The van der Waals surface area contributed by atoms with E-state index in [0.717, 1.165) is 11.1 Å². The predicted octanol–water partition coefficient (Wildman–Crippen LogP) is 7.06. The first-order valence-corrected chi connectivity index (χ1v) is 16.4. The molecule has 8 rings (SSSR count). The number of carbonyl (C=O) groups is 4. The van der Waals surface area contributed by atoms with Gasteiger partial charge in [-0.05, 0) is 66.3 Å². The topological polar surface area (TPSA) is 95.0 Å². The fourth-order valence-corrected chi connectivity index (χ4v) is 9.02. The molecule has 6 atom stereocenters. The molecule has 4 aliphatic rings. The number of fused-ring (bicyclic) bond motifs is 4. The largest absolute Gasteiger partial charge is 0.508 e. The molecule has 0 radical (unpaired) electrons. The molecule has 2 heterocycles. The fraction of sp³-hybridized carbons (Fsp3) is 0.200. The number of amides is 4. The normalized spacial score (nSPS) is 27.8. The van der Waals surface area contributed by atoms with Gasteiger partial charge >= 0.3 is 0 Å². The molecule has 48 heavy (non-hydrogen) atoms. The number of anilines is 2. The van der Waals surface area contributed by atoms with Crippen molar-refractivity contribution in [1.29, 1.82) is 0 Å². The van der Waals surface area contributed by atoms with Crippen molar-refractivity contribution in [2.75, 3.05) is 9.80 Å². The molecule has 6 unspecified atom stereocenters. The average molecular weight is 655 g/mol. The molecular weight excluding hydrogens is 624 g/mol. The molecule has 0 bridgehead atoms. The molecule has 8 heteroatoms. The van der Waals surface area contributed by atoms with Crippen LogP contribution in [0.15, 0.2) is 121 Å². The van der Waals surface area contributed by atoms with E-state index in [-0.39, 0.29) is 24.0 Å². The summed E-state index contributed by atoms with van der Waals surface area (Å²) in [6.07, 6.45) is 4.15. The number of aromatic hydroxyl groups is 1. The first kappa shape index (κ1) is 30.1. The summed E-state index contributed by atoms with van der Waals surface area (Å²) in [5, 5.41) is 11.8. The Morgan fingerprint density at radius 2 is 1.50 bits per heavy atom. The quantitative estimate of drug-likeness (QED) is 0.184. The van der Waals surface area contributed by atoms with Gasteiger partial charge in [0.2, 0.25) is 23.6 Å². The van der Waals surface area contributed by atoms with Gasteiger partial charge in [0.05, 0.1) is 34.5 Å². The van der Waals surface area contributed by atoms with Crippen LogP contribution in [0.4, 0.5) is 11.4 Å². The van der Waals surface area contributed by atoms with Gasteiger partial charge < -0.3 is 5.11 Å². The lowest BCUT2D eigenvalue weighted by molar-refractivity contribution is -0.127. The van der Waals surface area contributed by atoms with Crippen LogP contribution < -0.4 is 9.80 Å². The number of hydrogen-bond acceptors (Lipinski definition) is 5. The fourth-order valence-electron chi connectivity index (χ4n) is 8.83. The van der Waals surface area contributed by atoms with Gasteiger partial charge in [0.15, 0.2) is 0 Å². The van der Waals surface area contributed by atoms with Crippen LogP contribution >= 0.6 is 11.6 Å². The van der Waals surface area contributed by atoms with Gasteiger partial charge in [-0.25, -0.2) is 4.90 Å². The molecule has 2 saturated heterocycles. The van der Waals surface area contributed by atoms with Crippen LogP contribution in [0, 0.1) is 23.7 Å². The Balaban J connectivity index is 1.34. The van der Waals surface area contributed by atoms with E-state index < -0.39 is 46.8 Å². The second-order valence-electron chi connectivity index (χ2n) is 13.0. The van der Waals surface area contributed by atoms with E-state index in [2.05, 4.69) is 6.58 Å². The van der Waals surface area contributed by atoms with Crippen molar-refractivity contribution in [2.45, 2.75) is 24.2 Å². The number of phenolic OH excluding ortho intramolecular Hbond substituents is 1. The first-order chi connectivity index (χ1) is 23.3. The van der Waals surface area contributed by atoms with Crippen LogP contribution in [-0.2, 0) is 24.6 Å². The van der Waals surface area contributed by atoms with Crippen molar-refractivity contribution in [1.82, 2.24) is 0 Å². The van der Waals surface area contributed by atoms with Crippen LogP contribution in [0.5, 0.6) is 5.75 Å². The highest BCUT2D eigenvalue weighted by atomic mass is 35.5. The smallest absolute Gasteiger partial charge is 0.246 e. The van der Waals surface area contributed by atoms with Crippen molar-refractivity contribution >= 4 is 52.7 Å². The maximum atomic E-state index is 15.2. The van der Waals surface area contributed by atoms with Gasteiger partial charge in [0, 0.05) is 16.5 Å². The third-order valence-electron chi connectivity index (χ3n) is 10.8. The van der Waals surface area contributed by atoms with Gasteiger partial charge in [-0.15, -0.1) is 0 Å². The van der Waals surface area contributed by atoms with E-state index in [1.165, 1.54) is 9.80 Å². The molecule has 4 aromatic rings. The Hall–Kier alpha value is -5.27. The number of phenols is 1. The van der Waals surface area contributed by atoms with Gasteiger partial charge in [-0.1, -0.05) is 103 Å². The summed E-state index contributed by atoms with van der Waals surface area (Å²) in [6.45, 7) is 3.79. The summed E-state index contributed by atoms with van der Waals surface area (Å²) < 4.78 is 0. The van der Waals surface area contributed by atoms with Crippen molar-refractivity contribution in [3.63, 3.8) is 0 Å². The second kappa shape index (κ2) is 11.2. The molecule has 2 aliphatic carbocycles. The predicted molar refractivity (Wildman–Crippen MR) is 183 cm³/mol. The Morgan fingerprint density at radius 1 is 0.771 bits per heavy atom. The number of imide groups is 2. The second-order valence-corrected chi connectivity index (χ2v) is 13.4. The molecule has 4 aromatic carbocycles. The SMILES string of the molecule is C=Cc1ccc(N2C(=O)C3CC=C4C(CC5C(=O)N(c6cccc(Cl)c6)C(=O)C5(c5ccccc5)C4c4ccccc4O)C3C2=O)cc1. The van der Waals surface area contributed by atoms with E-state index in [1.807, 2.05) is 48.5 Å². The summed E-state index contributed by atoms with van der Waals surface area (Å²) in [7, 11) is 0. The van der Waals surface area contributed by atoms with Crippen LogP contribution in [0.1, 0.15) is 35.4 Å². The molecular formula is C40H31ClN2O5. The molecule has 238 valence electrons. The Morgan fingerprint density at radius 3 is 2.21 bits per heavy atom. The highest BCUT2D eigenvalue weighted by molar-refractivity contribution is 6.32. The zero-order valence-corrected chi connectivity index (χ0v) is 26.6. The molecule has 3 fully saturated rings. The number of halogens is 1. The van der Waals surface area contributed by atoms with Crippen molar-refractivity contribution in [3.8, 4) is 5.75 Å². The average Bonchev–Trinajstić information content (AvgIpc) is 3.49. The highest BCUT2D eigenvalue weighted by Gasteiger charge is 2.70. The van der Waals surface area contributed by atoms with Crippen LogP contribution in [0.3, 0.4) is 0 Å². The molecule has 0 spiro atoms. The monoisotopic (exact) mass is 654 g/mol. The van der Waals surface area contributed by atoms with Crippen molar-refractivity contribution in [2.24, 2.45) is 23.7 Å². The van der Waals surface area contributed by atoms with E-state index >= 15 is 4.79 Å². The van der Waals surface area contributed by atoms with Gasteiger partial charge in [0.1, 0.15) is 5.75 Å². The number of para-hydroxylation sites is 1. The van der Waals surface area contributed by atoms with Crippen LogP contribution in [0.25, 0.3) is 6.08 Å². The van der Waals surface area contributed by atoms with E-state index in [0.29, 0.717) is 33.9 Å². The van der Waals surface area contributed by atoms with E-state index in [4.69, 9.17) is 11.6 Å². The van der Waals surface area contributed by atoms with E-state index in [1.54, 1.807) is 66.7 Å². The van der Waals surface area contributed by atoms with Crippen LogP contribution in [0.2, 0.25) is 5.02 Å². The lowest BCUT2D eigenvalue weighted by Gasteiger charge is -2.50. The first-order valence-electron chi connectivity index (χ1n) is 16.0. The Labute approximate surface area is 282 Å². The zero-order valence-electron chi connectivity index (χ0n) is 25.8. The molecule has 2 aliphatic heterocycles. The summed E-state index contributed by atoms with van der Waals surface area (Å²) in [5.41, 5.74) is 2.18. The van der Waals surface area contributed by atoms with Crippen molar-refractivity contribution < 1.29 is 24.3 Å². The molecule has 7 nitrogen and oxygen atoms in total. The third kappa shape index (κ3) is 4.13. The molecule has 1 N–H and O–H groups in total. The number of allylic oxidation sites excluding steroid dienone is 2. The standard InChI is InChI=1S/C40H31ClN2O5/c1-2-23-15-17-26(18-16-23)42-36(45)30-20-19-28-31(34(30)38(42)47)22-32-37(46)43(27-12-8-11-25(41)21-27)39(48)40(32,24-9-4-3-5-10-24)35(28)29-13-6-7-14-33(29)44/h2-19,21,30-32,34-35,44H,1,20,22H2. The van der Waals surface area contributed by atoms with Crippen LogP contribution in [-0.4, -0.2) is 28.7 Å². The summed E-state index contributed by atoms with van der Waals surface area (Å²) >= 11 is 6.37. The minimum atomic E-state index is -1.44. The number of rotatable bonds is 5. The number of carbonyl (C=O) groups excluding carboxylic acids is 4. The molecule has 4 amide bonds. The van der Waals surface area contributed by atoms with Gasteiger partial charge in [-0.3, -0.25) is 24.1 Å². The summed E-state index contributed by atoms with van der Waals surface area (Å²) in [6, 6.07) is 29.9. The molecule has 1 saturated carbocycles. The Bertz CT molecular complexity index is 2060. The summed E-state index contributed by atoms with van der Waals surface area (Å²) in [5.74, 6) is -5.01. The third-order valence-corrected chi connectivity index (χ3v) is 11.0. The van der Waals surface area contributed by atoms with Gasteiger partial charge in [0.25, 0.3) is 0 Å². The zero-order chi connectivity index (χ0) is 33.3. The van der Waals surface area contributed by atoms with E-state index in [9.17, 15) is 19.5 Å². The highest BCUT2D eigenvalue weighted by Crippen LogP contribution is 2.65. The Kier molecular flexibility index (Phi) is 7.00.